The SMILES string of the molecule is Cc1cccc(OCCC(=O)NCC(C)CCO)c1. The Labute approximate surface area is 114 Å². The molecule has 0 bridgehead atoms. The number of amides is 1. The van der Waals surface area contributed by atoms with Crippen LogP contribution in [0.5, 0.6) is 5.75 Å². The highest BCUT2D eigenvalue weighted by Crippen LogP contribution is 2.12. The lowest BCUT2D eigenvalue weighted by atomic mass is 10.1. The van der Waals surface area contributed by atoms with Crippen LogP contribution < -0.4 is 10.1 Å². The quantitative estimate of drug-likeness (QED) is 0.754. The molecule has 1 unspecified atom stereocenters. The van der Waals surface area contributed by atoms with E-state index in [0.29, 0.717) is 31.9 Å². The van der Waals surface area contributed by atoms with Crippen LogP contribution in [-0.4, -0.2) is 30.8 Å². The van der Waals surface area contributed by atoms with Gasteiger partial charge in [-0.05, 0) is 37.0 Å². The average Bonchev–Trinajstić information content (AvgIpc) is 2.37. The smallest absolute Gasteiger partial charge is 0.223 e. The summed E-state index contributed by atoms with van der Waals surface area (Å²) in [5.41, 5.74) is 1.14. The summed E-state index contributed by atoms with van der Waals surface area (Å²) >= 11 is 0. The maximum absolute atomic E-state index is 11.6. The summed E-state index contributed by atoms with van der Waals surface area (Å²) in [6, 6.07) is 7.76. The maximum atomic E-state index is 11.6. The summed E-state index contributed by atoms with van der Waals surface area (Å²) in [6.07, 6.45) is 1.06. The summed E-state index contributed by atoms with van der Waals surface area (Å²) in [5, 5.41) is 11.6. The highest BCUT2D eigenvalue weighted by molar-refractivity contribution is 5.75. The highest BCUT2D eigenvalue weighted by Gasteiger charge is 2.05. The number of aryl methyl sites for hydroxylation is 1. The van der Waals surface area contributed by atoms with Gasteiger partial charge in [0.2, 0.25) is 5.91 Å². The number of aliphatic hydroxyl groups is 1. The van der Waals surface area contributed by atoms with E-state index in [2.05, 4.69) is 5.32 Å². The molecular formula is C15H23NO3. The second-order valence-corrected chi connectivity index (χ2v) is 4.84. The summed E-state index contributed by atoms with van der Waals surface area (Å²) in [6.45, 7) is 5.14. The minimum atomic E-state index is -0.0163. The minimum Gasteiger partial charge on any atom is -0.493 e. The van der Waals surface area contributed by atoms with Crippen molar-refractivity contribution in [3.05, 3.63) is 29.8 Å². The first-order valence-electron chi connectivity index (χ1n) is 6.69. The lowest BCUT2D eigenvalue weighted by Gasteiger charge is -2.11. The Morgan fingerprint density at radius 1 is 1.47 bits per heavy atom. The first kappa shape index (κ1) is 15.5. The van der Waals surface area contributed by atoms with Gasteiger partial charge in [0.25, 0.3) is 0 Å². The number of benzene rings is 1. The van der Waals surface area contributed by atoms with Crippen molar-refractivity contribution in [3.63, 3.8) is 0 Å². The molecular weight excluding hydrogens is 242 g/mol. The number of carbonyl (C=O) groups excluding carboxylic acids is 1. The fourth-order valence-electron chi connectivity index (χ4n) is 1.67. The van der Waals surface area contributed by atoms with Gasteiger partial charge in [-0.15, -0.1) is 0 Å². The molecule has 0 aromatic heterocycles. The number of ether oxygens (including phenoxy) is 1. The summed E-state index contributed by atoms with van der Waals surface area (Å²) in [7, 11) is 0. The van der Waals surface area contributed by atoms with E-state index < -0.39 is 0 Å². The third-order valence-electron chi connectivity index (χ3n) is 2.86. The van der Waals surface area contributed by atoms with Crippen LogP contribution in [0, 0.1) is 12.8 Å². The van der Waals surface area contributed by atoms with E-state index >= 15 is 0 Å². The number of nitrogens with one attached hydrogen (secondary N) is 1. The van der Waals surface area contributed by atoms with Gasteiger partial charge in [-0.2, -0.15) is 0 Å². The molecule has 0 aliphatic heterocycles. The van der Waals surface area contributed by atoms with Gasteiger partial charge in [0, 0.05) is 13.2 Å². The zero-order valence-corrected chi connectivity index (χ0v) is 11.7. The van der Waals surface area contributed by atoms with Crippen LogP contribution in [0.4, 0.5) is 0 Å². The van der Waals surface area contributed by atoms with Crippen LogP contribution in [-0.2, 0) is 4.79 Å². The first-order chi connectivity index (χ1) is 9.11. The van der Waals surface area contributed by atoms with Gasteiger partial charge in [0.05, 0.1) is 13.0 Å². The second-order valence-electron chi connectivity index (χ2n) is 4.84. The number of hydrogen-bond donors (Lipinski definition) is 2. The minimum absolute atomic E-state index is 0.0163. The Morgan fingerprint density at radius 3 is 2.95 bits per heavy atom. The lowest BCUT2D eigenvalue weighted by molar-refractivity contribution is -0.121. The van der Waals surface area contributed by atoms with E-state index in [1.54, 1.807) is 0 Å². The topological polar surface area (TPSA) is 58.6 Å². The molecule has 0 saturated carbocycles. The monoisotopic (exact) mass is 265 g/mol. The zero-order valence-electron chi connectivity index (χ0n) is 11.7. The molecule has 0 fully saturated rings. The van der Waals surface area contributed by atoms with Crippen LogP contribution in [0.25, 0.3) is 0 Å². The Balaban J connectivity index is 2.17. The highest BCUT2D eigenvalue weighted by atomic mass is 16.5. The van der Waals surface area contributed by atoms with Crippen molar-refractivity contribution in [2.45, 2.75) is 26.7 Å². The van der Waals surface area contributed by atoms with Crippen LogP contribution in [0.15, 0.2) is 24.3 Å². The van der Waals surface area contributed by atoms with E-state index in [9.17, 15) is 4.79 Å². The van der Waals surface area contributed by atoms with Crippen molar-refractivity contribution in [2.75, 3.05) is 19.8 Å². The molecule has 1 rings (SSSR count). The molecule has 19 heavy (non-hydrogen) atoms. The molecule has 0 saturated heterocycles. The van der Waals surface area contributed by atoms with Crippen molar-refractivity contribution >= 4 is 5.91 Å². The number of rotatable bonds is 8. The zero-order chi connectivity index (χ0) is 14.1. The molecule has 0 aliphatic rings. The van der Waals surface area contributed by atoms with Gasteiger partial charge < -0.3 is 15.2 Å². The van der Waals surface area contributed by atoms with Crippen molar-refractivity contribution in [1.29, 1.82) is 0 Å². The molecule has 4 heteroatoms. The number of aliphatic hydroxyl groups excluding tert-OH is 1. The van der Waals surface area contributed by atoms with Crippen LogP contribution >= 0.6 is 0 Å². The second kappa shape index (κ2) is 8.53. The van der Waals surface area contributed by atoms with E-state index in [0.717, 1.165) is 11.3 Å². The van der Waals surface area contributed by atoms with Crippen molar-refractivity contribution in [2.24, 2.45) is 5.92 Å². The van der Waals surface area contributed by atoms with Gasteiger partial charge in [0.1, 0.15) is 5.75 Å². The molecule has 0 heterocycles. The molecule has 0 aliphatic carbocycles. The molecule has 2 N–H and O–H groups in total. The summed E-state index contributed by atoms with van der Waals surface area (Å²) in [5.74, 6) is 1.07. The molecule has 0 spiro atoms. The van der Waals surface area contributed by atoms with Crippen LogP contribution in [0.2, 0.25) is 0 Å². The van der Waals surface area contributed by atoms with Crippen molar-refractivity contribution in [3.8, 4) is 5.75 Å². The Bertz CT molecular complexity index is 393. The average molecular weight is 265 g/mol. The molecule has 106 valence electrons. The predicted octanol–water partition coefficient (Wildman–Crippen LogP) is 1.90. The normalized spacial score (nSPS) is 11.9. The largest absolute Gasteiger partial charge is 0.493 e. The van der Waals surface area contributed by atoms with Crippen molar-refractivity contribution < 1.29 is 14.6 Å². The first-order valence-corrected chi connectivity index (χ1v) is 6.69. The number of hydrogen-bond acceptors (Lipinski definition) is 3. The van der Waals surface area contributed by atoms with Gasteiger partial charge in [-0.25, -0.2) is 0 Å². The van der Waals surface area contributed by atoms with Crippen LogP contribution in [0.3, 0.4) is 0 Å². The third kappa shape index (κ3) is 6.82. The maximum Gasteiger partial charge on any atom is 0.223 e. The summed E-state index contributed by atoms with van der Waals surface area (Å²) in [4.78, 5) is 11.6. The van der Waals surface area contributed by atoms with E-state index in [4.69, 9.17) is 9.84 Å². The lowest BCUT2D eigenvalue weighted by Crippen LogP contribution is -2.29. The van der Waals surface area contributed by atoms with Gasteiger partial charge in [0.15, 0.2) is 0 Å². The van der Waals surface area contributed by atoms with Gasteiger partial charge in [-0.3, -0.25) is 4.79 Å². The van der Waals surface area contributed by atoms with E-state index in [1.807, 2.05) is 38.1 Å². The van der Waals surface area contributed by atoms with Crippen molar-refractivity contribution in [1.82, 2.24) is 5.32 Å². The fourth-order valence-corrected chi connectivity index (χ4v) is 1.67. The Hall–Kier alpha value is -1.55. The number of carbonyl (C=O) groups is 1. The van der Waals surface area contributed by atoms with E-state index in [-0.39, 0.29) is 12.5 Å². The predicted molar refractivity (Wildman–Crippen MR) is 75.2 cm³/mol. The standard InChI is InChI=1S/C15H23NO3/c1-12-4-3-5-14(10-12)19-9-7-15(18)16-11-13(2)6-8-17/h3-5,10,13,17H,6-9,11H2,1-2H3,(H,16,18). The molecule has 4 nitrogen and oxygen atoms in total. The molecule has 1 atom stereocenters. The summed E-state index contributed by atoms with van der Waals surface area (Å²) < 4.78 is 5.51. The van der Waals surface area contributed by atoms with Gasteiger partial charge in [-0.1, -0.05) is 19.1 Å². The molecule has 0 radical (unpaired) electrons. The molecule has 1 aromatic rings. The van der Waals surface area contributed by atoms with Crippen LogP contribution in [0.1, 0.15) is 25.3 Å². The Kier molecular flexibility index (Phi) is 6.97. The Morgan fingerprint density at radius 2 is 2.26 bits per heavy atom. The fraction of sp³-hybridized carbons (Fsp3) is 0.533. The molecule has 1 amide bonds. The van der Waals surface area contributed by atoms with E-state index in [1.165, 1.54) is 0 Å². The van der Waals surface area contributed by atoms with Gasteiger partial charge >= 0.3 is 0 Å². The molecule has 1 aromatic carbocycles. The third-order valence-corrected chi connectivity index (χ3v) is 2.86.